The van der Waals surface area contributed by atoms with Crippen molar-refractivity contribution in [3.05, 3.63) is 58.8 Å². The molecule has 2 aromatic rings. The van der Waals surface area contributed by atoms with E-state index in [4.69, 9.17) is 0 Å². The zero-order chi connectivity index (χ0) is 21.3. The summed E-state index contributed by atoms with van der Waals surface area (Å²) in [6, 6.07) is 9.92. The quantitative estimate of drug-likeness (QED) is 0.491. The van der Waals surface area contributed by atoms with Gasteiger partial charge in [0.05, 0.1) is 0 Å². The summed E-state index contributed by atoms with van der Waals surface area (Å²) in [5, 5.41) is 1.06. The molecule has 8 nitrogen and oxygen atoms in total. The molecule has 0 fully saturated rings. The standard InChI is InChI=1S/C19H25N5O3S2/c1-14-13-15(2)21-19(20-14)23-22-18(25)17(9-11-28-3)24-29(26,27)12-10-16-7-5-4-6-8-16/h4-8,10,12-13,17,24H,9,11H2,1-3H3,(H,22,25)(H,20,21,23)/b12-10+. The highest BCUT2D eigenvalue weighted by Gasteiger charge is 2.23. The van der Waals surface area contributed by atoms with Crippen molar-refractivity contribution in [2.24, 2.45) is 0 Å². The highest BCUT2D eigenvalue weighted by atomic mass is 32.2. The molecule has 0 aliphatic rings. The van der Waals surface area contributed by atoms with Crippen LogP contribution in [-0.4, -0.2) is 42.3 Å². The lowest BCUT2D eigenvalue weighted by Crippen LogP contribution is -2.48. The van der Waals surface area contributed by atoms with Crippen molar-refractivity contribution in [1.29, 1.82) is 0 Å². The highest BCUT2D eigenvalue weighted by molar-refractivity contribution is 7.98. The van der Waals surface area contributed by atoms with Crippen LogP contribution in [0.5, 0.6) is 0 Å². The Hall–Kier alpha value is -2.43. The lowest BCUT2D eigenvalue weighted by Gasteiger charge is -2.17. The van der Waals surface area contributed by atoms with Crippen LogP contribution < -0.4 is 15.6 Å². The van der Waals surface area contributed by atoms with Gasteiger partial charge in [-0.25, -0.2) is 18.4 Å². The van der Waals surface area contributed by atoms with Crippen molar-refractivity contribution >= 4 is 39.7 Å². The fourth-order valence-corrected chi connectivity index (χ4v) is 3.94. The van der Waals surface area contributed by atoms with E-state index in [1.807, 2.05) is 44.4 Å². The Morgan fingerprint density at radius 1 is 1.17 bits per heavy atom. The molecule has 2 rings (SSSR count). The minimum absolute atomic E-state index is 0.242. The van der Waals surface area contributed by atoms with Crippen LogP contribution in [0.2, 0.25) is 0 Å². The van der Waals surface area contributed by atoms with E-state index in [0.29, 0.717) is 12.2 Å². The minimum atomic E-state index is -3.81. The number of hydrogen-bond acceptors (Lipinski definition) is 7. The number of nitrogens with zero attached hydrogens (tertiary/aromatic N) is 2. The van der Waals surface area contributed by atoms with Gasteiger partial charge in [0.1, 0.15) is 6.04 Å². The maximum Gasteiger partial charge on any atom is 0.256 e. The van der Waals surface area contributed by atoms with Gasteiger partial charge in [-0.15, -0.1) is 0 Å². The molecule has 0 bridgehead atoms. The molecule has 0 spiro atoms. The molecule has 1 unspecified atom stereocenters. The fourth-order valence-electron chi connectivity index (χ4n) is 2.44. The molecule has 1 aromatic carbocycles. The van der Waals surface area contributed by atoms with E-state index in [2.05, 4.69) is 25.5 Å². The molecular formula is C19H25N5O3S2. The van der Waals surface area contributed by atoms with Gasteiger partial charge in [0, 0.05) is 16.8 Å². The second-order valence-electron chi connectivity index (χ2n) is 6.30. The van der Waals surface area contributed by atoms with Crippen LogP contribution in [0, 0.1) is 13.8 Å². The van der Waals surface area contributed by atoms with Crippen molar-refractivity contribution in [3.63, 3.8) is 0 Å². The molecule has 156 valence electrons. The van der Waals surface area contributed by atoms with Crippen LogP contribution in [0.3, 0.4) is 0 Å². The van der Waals surface area contributed by atoms with E-state index in [1.54, 1.807) is 12.1 Å². The lowest BCUT2D eigenvalue weighted by atomic mass is 10.2. The Morgan fingerprint density at radius 2 is 1.83 bits per heavy atom. The van der Waals surface area contributed by atoms with Crippen molar-refractivity contribution in [2.45, 2.75) is 26.3 Å². The summed E-state index contributed by atoms with van der Waals surface area (Å²) in [5.41, 5.74) is 7.38. The summed E-state index contributed by atoms with van der Waals surface area (Å²) < 4.78 is 27.3. The lowest BCUT2D eigenvalue weighted by molar-refractivity contribution is -0.122. The number of thioether (sulfide) groups is 1. The Kier molecular flexibility index (Phi) is 8.62. The van der Waals surface area contributed by atoms with Crippen LogP contribution in [0.1, 0.15) is 23.4 Å². The monoisotopic (exact) mass is 435 g/mol. The second-order valence-corrected chi connectivity index (χ2v) is 8.88. The van der Waals surface area contributed by atoms with Gasteiger partial charge < -0.3 is 0 Å². The SMILES string of the molecule is CSCCC(NS(=O)(=O)/C=C/c1ccccc1)C(=O)NNc1nc(C)cc(C)n1. The smallest absolute Gasteiger partial charge is 0.256 e. The van der Waals surface area contributed by atoms with Crippen LogP contribution in [0.25, 0.3) is 6.08 Å². The predicted octanol–water partition coefficient (Wildman–Crippen LogP) is 2.25. The van der Waals surface area contributed by atoms with Gasteiger partial charge in [-0.05, 0) is 50.0 Å². The largest absolute Gasteiger partial charge is 0.271 e. The summed E-state index contributed by atoms with van der Waals surface area (Å²) in [7, 11) is -3.81. The Bertz CT molecular complexity index is 929. The molecule has 1 atom stereocenters. The minimum Gasteiger partial charge on any atom is -0.271 e. The number of aromatic nitrogens is 2. The number of rotatable bonds is 10. The fraction of sp³-hybridized carbons (Fsp3) is 0.316. The first-order chi connectivity index (χ1) is 13.8. The first kappa shape index (κ1) is 22.9. The number of nitrogens with one attached hydrogen (secondary N) is 3. The third-order valence-electron chi connectivity index (χ3n) is 3.75. The number of carbonyl (C=O) groups is 1. The molecule has 1 aromatic heterocycles. The average molecular weight is 436 g/mol. The van der Waals surface area contributed by atoms with Crippen molar-refractivity contribution in [1.82, 2.24) is 20.1 Å². The maximum absolute atomic E-state index is 12.6. The molecular weight excluding hydrogens is 410 g/mol. The molecule has 1 amide bonds. The van der Waals surface area contributed by atoms with Crippen molar-refractivity contribution in [2.75, 3.05) is 17.4 Å². The number of sulfonamides is 1. The van der Waals surface area contributed by atoms with Gasteiger partial charge in [-0.1, -0.05) is 30.3 Å². The number of hydrogen-bond donors (Lipinski definition) is 3. The van der Waals surface area contributed by atoms with Gasteiger partial charge in [0.25, 0.3) is 5.91 Å². The molecule has 10 heteroatoms. The van der Waals surface area contributed by atoms with Crippen LogP contribution >= 0.6 is 11.8 Å². The molecule has 0 aliphatic heterocycles. The van der Waals surface area contributed by atoms with Crippen molar-refractivity contribution < 1.29 is 13.2 Å². The second kappa shape index (κ2) is 10.9. The Morgan fingerprint density at radius 3 is 2.45 bits per heavy atom. The van der Waals surface area contributed by atoms with Crippen LogP contribution in [0.15, 0.2) is 41.8 Å². The molecule has 3 N–H and O–H groups in total. The summed E-state index contributed by atoms with van der Waals surface area (Å²) in [6.07, 6.45) is 3.70. The summed E-state index contributed by atoms with van der Waals surface area (Å²) in [6.45, 7) is 3.63. The predicted molar refractivity (Wildman–Crippen MR) is 118 cm³/mol. The van der Waals surface area contributed by atoms with E-state index in [0.717, 1.165) is 22.4 Å². The molecule has 0 saturated heterocycles. The number of anilines is 1. The van der Waals surface area contributed by atoms with E-state index >= 15 is 0 Å². The van der Waals surface area contributed by atoms with Gasteiger partial charge in [0.15, 0.2) is 0 Å². The molecule has 0 saturated carbocycles. The van der Waals surface area contributed by atoms with E-state index in [1.165, 1.54) is 17.8 Å². The molecule has 1 heterocycles. The van der Waals surface area contributed by atoms with Gasteiger partial charge >= 0.3 is 0 Å². The highest BCUT2D eigenvalue weighted by Crippen LogP contribution is 2.07. The third kappa shape index (κ3) is 8.22. The van der Waals surface area contributed by atoms with Crippen LogP contribution in [0.4, 0.5) is 5.95 Å². The van der Waals surface area contributed by atoms with Gasteiger partial charge in [-0.3, -0.25) is 15.6 Å². The topological polar surface area (TPSA) is 113 Å². The first-order valence-electron chi connectivity index (χ1n) is 8.91. The van der Waals surface area contributed by atoms with E-state index in [9.17, 15) is 13.2 Å². The number of benzene rings is 1. The Labute approximate surface area is 175 Å². The number of aryl methyl sites for hydroxylation is 2. The Balaban J connectivity index is 2.04. The number of amides is 1. The van der Waals surface area contributed by atoms with Gasteiger partial charge in [-0.2, -0.15) is 16.5 Å². The van der Waals surface area contributed by atoms with Crippen molar-refractivity contribution in [3.8, 4) is 0 Å². The van der Waals surface area contributed by atoms with E-state index in [-0.39, 0.29) is 5.95 Å². The summed E-state index contributed by atoms with van der Waals surface area (Å²) in [5.74, 6) is 0.341. The van der Waals surface area contributed by atoms with Crippen LogP contribution in [-0.2, 0) is 14.8 Å². The zero-order valence-corrected chi connectivity index (χ0v) is 18.2. The molecule has 29 heavy (non-hydrogen) atoms. The number of carbonyl (C=O) groups excluding carboxylic acids is 1. The third-order valence-corrected chi connectivity index (χ3v) is 5.50. The average Bonchev–Trinajstić information content (AvgIpc) is 2.68. The first-order valence-corrected chi connectivity index (χ1v) is 11.9. The molecule has 0 aliphatic carbocycles. The normalized spacial score (nSPS) is 12.7. The summed E-state index contributed by atoms with van der Waals surface area (Å²) in [4.78, 5) is 20.9. The molecule has 0 radical (unpaired) electrons. The number of hydrazine groups is 1. The zero-order valence-electron chi connectivity index (χ0n) is 16.5. The van der Waals surface area contributed by atoms with Gasteiger partial charge in [0.2, 0.25) is 16.0 Å². The van der Waals surface area contributed by atoms with E-state index < -0.39 is 22.0 Å². The maximum atomic E-state index is 12.6. The summed E-state index contributed by atoms with van der Waals surface area (Å²) >= 11 is 1.52.